The van der Waals surface area contributed by atoms with Gasteiger partial charge in [-0.1, -0.05) is 43.7 Å². The first-order chi connectivity index (χ1) is 11.1. The monoisotopic (exact) mass is 348 g/mol. The maximum Gasteiger partial charge on any atom is 0.179 e. The van der Waals surface area contributed by atoms with E-state index in [2.05, 4.69) is 0 Å². The number of rotatable bonds is 1. The van der Waals surface area contributed by atoms with Crippen molar-refractivity contribution in [2.24, 2.45) is 5.41 Å². The third-order valence-corrected chi connectivity index (χ3v) is 6.91. The molecule has 0 saturated carbocycles. The number of sulfone groups is 1. The Balaban J connectivity index is 2.31. The Kier molecular flexibility index (Phi) is 4.04. The molecule has 0 aromatic heterocycles. The van der Waals surface area contributed by atoms with Gasteiger partial charge in [0.05, 0.1) is 16.8 Å². The van der Waals surface area contributed by atoms with E-state index >= 15 is 0 Å². The molecule has 3 rings (SSSR count). The topological polar surface area (TPSA) is 54.4 Å². The van der Waals surface area contributed by atoms with E-state index in [1.807, 2.05) is 13.0 Å². The van der Waals surface area contributed by atoms with Crippen LogP contribution in [0.3, 0.4) is 0 Å². The zero-order chi connectivity index (χ0) is 17.7. The molecule has 0 bridgehead atoms. The van der Waals surface area contributed by atoms with E-state index in [0.717, 1.165) is 5.56 Å². The summed E-state index contributed by atoms with van der Waals surface area (Å²) in [5.41, 5.74) is 1.38. The van der Waals surface area contributed by atoms with Crippen molar-refractivity contribution in [3.05, 3.63) is 65.0 Å². The van der Waals surface area contributed by atoms with Crippen LogP contribution in [0.2, 0.25) is 0 Å². The summed E-state index contributed by atoms with van der Waals surface area (Å²) in [6, 6.07) is 11.1. The second kappa shape index (κ2) is 5.67. The summed E-state index contributed by atoms with van der Waals surface area (Å²) in [4.78, 5) is 0.257. The molecule has 24 heavy (non-hydrogen) atoms. The lowest BCUT2D eigenvalue weighted by Crippen LogP contribution is -2.38. The number of aliphatic hydroxyl groups is 1. The van der Waals surface area contributed by atoms with Crippen molar-refractivity contribution in [1.29, 1.82) is 0 Å². The molecule has 1 heterocycles. The highest BCUT2D eigenvalue weighted by Gasteiger charge is 2.44. The van der Waals surface area contributed by atoms with Crippen LogP contribution in [0, 0.1) is 18.2 Å². The highest BCUT2D eigenvalue weighted by atomic mass is 32.2. The molecular weight excluding hydrogens is 327 g/mol. The molecule has 0 unspecified atom stereocenters. The summed E-state index contributed by atoms with van der Waals surface area (Å²) in [5, 5.41) is 11.0. The van der Waals surface area contributed by atoms with E-state index < -0.39 is 27.3 Å². The van der Waals surface area contributed by atoms with Crippen molar-refractivity contribution < 1.29 is 17.9 Å². The van der Waals surface area contributed by atoms with Gasteiger partial charge in [-0.15, -0.1) is 0 Å². The van der Waals surface area contributed by atoms with Crippen LogP contribution in [-0.2, 0) is 9.84 Å². The van der Waals surface area contributed by atoms with E-state index in [1.165, 1.54) is 12.1 Å². The van der Waals surface area contributed by atoms with Crippen LogP contribution in [-0.4, -0.2) is 25.4 Å². The quantitative estimate of drug-likeness (QED) is 0.859. The second-order valence-electron chi connectivity index (χ2n) is 7.26. The number of hydrogen-bond acceptors (Lipinski definition) is 3. The molecule has 5 heteroatoms. The summed E-state index contributed by atoms with van der Waals surface area (Å²) >= 11 is 0. The molecule has 0 fully saturated rings. The van der Waals surface area contributed by atoms with Crippen molar-refractivity contribution in [2.45, 2.75) is 37.7 Å². The summed E-state index contributed by atoms with van der Waals surface area (Å²) in [6.07, 6.45) is -0.902. The summed E-state index contributed by atoms with van der Waals surface area (Å²) in [7, 11) is -3.52. The lowest BCUT2D eigenvalue weighted by Gasteiger charge is -2.33. The number of benzene rings is 2. The first-order valence-electron chi connectivity index (χ1n) is 7.89. The van der Waals surface area contributed by atoms with Gasteiger partial charge in [-0.2, -0.15) is 0 Å². The summed E-state index contributed by atoms with van der Waals surface area (Å²) < 4.78 is 39.0. The van der Waals surface area contributed by atoms with Crippen LogP contribution in [0.5, 0.6) is 0 Å². The SMILES string of the molecule is Cc1ccc2c(c1)[C@@H](c1ccc(F)cc1)[C@@H](O)C(C)(C)CS2(=O)=O. The Hall–Kier alpha value is -1.72. The third kappa shape index (κ3) is 2.87. The Morgan fingerprint density at radius 3 is 2.38 bits per heavy atom. The third-order valence-electron chi connectivity index (χ3n) is 4.74. The number of fused-ring (bicyclic) bond motifs is 1. The Bertz CT molecular complexity index is 870. The van der Waals surface area contributed by atoms with Crippen molar-refractivity contribution in [3.63, 3.8) is 0 Å². The van der Waals surface area contributed by atoms with E-state index in [0.29, 0.717) is 11.1 Å². The largest absolute Gasteiger partial charge is 0.392 e. The van der Waals surface area contributed by atoms with E-state index in [4.69, 9.17) is 0 Å². The molecule has 0 aliphatic carbocycles. The van der Waals surface area contributed by atoms with Gasteiger partial charge in [-0.05, 0) is 36.2 Å². The van der Waals surface area contributed by atoms with Crippen LogP contribution in [0.4, 0.5) is 4.39 Å². The molecule has 1 aliphatic rings. The zero-order valence-corrected chi connectivity index (χ0v) is 14.8. The van der Waals surface area contributed by atoms with Crippen LogP contribution >= 0.6 is 0 Å². The normalized spacial score (nSPS) is 24.9. The second-order valence-corrected chi connectivity index (χ2v) is 9.22. The molecule has 2 aromatic carbocycles. The molecule has 0 radical (unpaired) electrons. The average molecular weight is 348 g/mol. The van der Waals surface area contributed by atoms with E-state index in [-0.39, 0.29) is 16.5 Å². The Labute approximate surface area is 142 Å². The zero-order valence-electron chi connectivity index (χ0n) is 14.0. The van der Waals surface area contributed by atoms with Gasteiger partial charge in [0.15, 0.2) is 9.84 Å². The van der Waals surface area contributed by atoms with E-state index in [1.54, 1.807) is 38.1 Å². The fourth-order valence-corrected chi connectivity index (χ4v) is 5.63. The summed E-state index contributed by atoms with van der Waals surface area (Å²) in [5.74, 6) is -1.01. The average Bonchev–Trinajstić information content (AvgIpc) is 2.53. The summed E-state index contributed by atoms with van der Waals surface area (Å²) in [6.45, 7) is 5.39. The van der Waals surface area contributed by atoms with Crippen molar-refractivity contribution in [1.82, 2.24) is 0 Å². The standard InChI is InChI=1S/C19H21FO3S/c1-12-4-9-16-15(10-12)17(13-5-7-14(20)8-6-13)18(21)19(2,3)11-24(16,22)23/h4-10,17-18,21H,11H2,1-3H3/t17-,18-/m1/s1. The van der Waals surface area contributed by atoms with Crippen molar-refractivity contribution in [2.75, 3.05) is 5.75 Å². The van der Waals surface area contributed by atoms with Gasteiger partial charge in [0, 0.05) is 11.3 Å². The smallest absolute Gasteiger partial charge is 0.179 e. The lowest BCUT2D eigenvalue weighted by atomic mass is 9.75. The molecule has 2 atom stereocenters. The molecule has 128 valence electrons. The van der Waals surface area contributed by atoms with Crippen LogP contribution in [0.25, 0.3) is 0 Å². The predicted molar refractivity (Wildman–Crippen MR) is 91.3 cm³/mol. The minimum absolute atomic E-state index is 0.130. The maximum atomic E-state index is 13.3. The first-order valence-corrected chi connectivity index (χ1v) is 9.54. The predicted octanol–water partition coefficient (Wildman–Crippen LogP) is 3.44. The molecule has 0 saturated heterocycles. The minimum atomic E-state index is -3.52. The van der Waals surface area contributed by atoms with Gasteiger partial charge in [-0.3, -0.25) is 0 Å². The Morgan fingerprint density at radius 1 is 1.12 bits per heavy atom. The van der Waals surface area contributed by atoms with Crippen molar-refractivity contribution in [3.8, 4) is 0 Å². The van der Waals surface area contributed by atoms with Gasteiger partial charge in [0.25, 0.3) is 0 Å². The Morgan fingerprint density at radius 2 is 1.75 bits per heavy atom. The fraction of sp³-hybridized carbons (Fsp3) is 0.368. The fourth-order valence-electron chi connectivity index (χ4n) is 3.50. The number of halogens is 1. The van der Waals surface area contributed by atoms with Crippen LogP contribution in [0.15, 0.2) is 47.4 Å². The molecule has 1 aliphatic heterocycles. The van der Waals surface area contributed by atoms with Gasteiger partial charge < -0.3 is 5.11 Å². The minimum Gasteiger partial charge on any atom is -0.392 e. The van der Waals surface area contributed by atoms with Gasteiger partial charge in [0.1, 0.15) is 5.82 Å². The number of aryl methyl sites for hydroxylation is 1. The van der Waals surface area contributed by atoms with Crippen molar-refractivity contribution >= 4 is 9.84 Å². The maximum absolute atomic E-state index is 13.3. The van der Waals surface area contributed by atoms with Gasteiger partial charge in [-0.25, -0.2) is 12.8 Å². The highest BCUT2D eigenvalue weighted by molar-refractivity contribution is 7.91. The lowest BCUT2D eigenvalue weighted by molar-refractivity contribution is 0.0521. The molecule has 1 N–H and O–H groups in total. The van der Waals surface area contributed by atoms with Crippen LogP contribution in [0.1, 0.15) is 36.5 Å². The first kappa shape index (κ1) is 17.1. The molecule has 0 spiro atoms. The highest BCUT2D eigenvalue weighted by Crippen LogP contribution is 2.44. The molecule has 2 aromatic rings. The molecular formula is C19H21FO3S. The molecule has 0 amide bonds. The molecule has 3 nitrogen and oxygen atoms in total. The number of aliphatic hydroxyl groups excluding tert-OH is 1. The number of hydrogen-bond donors (Lipinski definition) is 1. The van der Waals surface area contributed by atoms with Gasteiger partial charge >= 0.3 is 0 Å². The van der Waals surface area contributed by atoms with Crippen LogP contribution < -0.4 is 0 Å². The van der Waals surface area contributed by atoms with E-state index in [9.17, 15) is 17.9 Å². The van der Waals surface area contributed by atoms with Gasteiger partial charge in [0.2, 0.25) is 0 Å².